The van der Waals surface area contributed by atoms with Crippen molar-refractivity contribution in [1.82, 2.24) is 5.48 Å². The Hall–Kier alpha value is -2.48. The van der Waals surface area contributed by atoms with Crippen molar-refractivity contribution in [3.8, 4) is 5.75 Å². The molecule has 2 fully saturated rings. The second-order valence-corrected chi connectivity index (χ2v) is 8.44. The van der Waals surface area contributed by atoms with Gasteiger partial charge in [-0.3, -0.25) is 4.79 Å². The van der Waals surface area contributed by atoms with Gasteiger partial charge in [-0.25, -0.2) is 0 Å². The van der Waals surface area contributed by atoms with E-state index in [1.807, 2.05) is 68.5 Å². The monoisotopic (exact) mass is 442 g/mol. The summed E-state index contributed by atoms with van der Waals surface area (Å²) in [6.07, 6.45) is 10.0. The number of allylic oxidation sites excluding steroid dienone is 3. The highest BCUT2D eigenvalue weighted by Crippen LogP contribution is 2.55. The Bertz CT molecular complexity index is 847. The van der Waals surface area contributed by atoms with Crippen LogP contribution in [0.2, 0.25) is 0 Å². The molecule has 1 heterocycles. The number of ether oxygens (including phenoxy) is 2. The molecule has 2 aliphatic rings. The molecule has 0 aromatic heterocycles. The Morgan fingerprint density at radius 1 is 1.28 bits per heavy atom. The van der Waals surface area contributed by atoms with Crippen molar-refractivity contribution < 1.29 is 23.9 Å². The summed E-state index contributed by atoms with van der Waals surface area (Å²) in [5.41, 5.74) is 2.83. The van der Waals surface area contributed by atoms with Crippen LogP contribution in [0.15, 0.2) is 59.8 Å². The fraction of sp³-hybridized carbons (Fsp3) is 0.520. The Balaban J connectivity index is 1.67. The van der Waals surface area contributed by atoms with Crippen LogP contribution in [0.25, 0.3) is 0 Å². The maximum atomic E-state index is 12.1. The molecule has 4 atom stereocenters. The Morgan fingerprint density at radius 2 is 2.03 bits per heavy atom. The van der Waals surface area contributed by atoms with Gasteiger partial charge in [-0.2, -0.15) is 0 Å². The first-order chi connectivity index (χ1) is 15.5. The molecule has 0 bridgehead atoms. The molecule has 1 aromatic carbocycles. The number of nitrogens with zero attached hydrogens (tertiary/aromatic N) is 1. The van der Waals surface area contributed by atoms with Crippen molar-refractivity contribution in [3.63, 3.8) is 0 Å². The van der Waals surface area contributed by atoms with Gasteiger partial charge in [-0.1, -0.05) is 47.7 Å². The molecule has 3 rings (SSSR count). The lowest BCUT2D eigenvalue weighted by molar-refractivity contribution is -0.159. The SMILES string of the molecule is C/C=C/C/C=C/CC(=O)ONC1CC[C@]2(CO2)[C@@](C)(/C(C)=N/Oc2ccccc2)[C@@H]1OC. The number of methoxy groups -OCH3 is 1. The molecule has 1 aliphatic carbocycles. The maximum absolute atomic E-state index is 12.1. The van der Waals surface area contributed by atoms with E-state index in [0.717, 1.165) is 25.0 Å². The molecule has 1 spiro atoms. The molecule has 0 amide bonds. The average Bonchev–Trinajstić information content (AvgIpc) is 3.60. The van der Waals surface area contributed by atoms with Gasteiger partial charge >= 0.3 is 5.97 Å². The Kier molecular flexibility index (Phi) is 8.23. The van der Waals surface area contributed by atoms with Crippen LogP contribution in [0, 0.1) is 5.41 Å². The number of hydrogen-bond donors (Lipinski definition) is 1. The van der Waals surface area contributed by atoms with Gasteiger partial charge in [0.15, 0.2) is 5.75 Å². The summed E-state index contributed by atoms with van der Waals surface area (Å²) < 4.78 is 11.9. The largest absolute Gasteiger partial charge is 0.379 e. The molecule has 32 heavy (non-hydrogen) atoms. The van der Waals surface area contributed by atoms with Gasteiger partial charge in [0.2, 0.25) is 0 Å². The predicted molar refractivity (Wildman–Crippen MR) is 123 cm³/mol. The molecule has 1 aliphatic heterocycles. The quantitative estimate of drug-likeness (QED) is 0.251. The third kappa shape index (κ3) is 5.28. The smallest absolute Gasteiger partial charge is 0.328 e. The molecular weight excluding hydrogens is 408 g/mol. The van der Waals surface area contributed by atoms with E-state index >= 15 is 0 Å². The minimum Gasteiger partial charge on any atom is -0.379 e. The van der Waals surface area contributed by atoms with Crippen LogP contribution >= 0.6 is 0 Å². The number of rotatable bonds is 10. The average molecular weight is 443 g/mol. The number of carbonyl (C=O) groups is 1. The number of benzene rings is 1. The molecule has 7 nitrogen and oxygen atoms in total. The highest BCUT2D eigenvalue weighted by atomic mass is 16.7. The van der Waals surface area contributed by atoms with E-state index in [9.17, 15) is 4.79 Å². The van der Waals surface area contributed by atoms with Gasteiger partial charge < -0.3 is 19.1 Å². The molecule has 1 saturated carbocycles. The van der Waals surface area contributed by atoms with E-state index in [1.165, 1.54) is 0 Å². The lowest BCUT2D eigenvalue weighted by Gasteiger charge is -2.48. The number of para-hydroxylation sites is 1. The first kappa shape index (κ1) is 24.2. The highest BCUT2D eigenvalue weighted by Gasteiger charge is 2.67. The topological polar surface area (TPSA) is 81.7 Å². The van der Waals surface area contributed by atoms with Crippen molar-refractivity contribution in [3.05, 3.63) is 54.6 Å². The molecule has 1 saturated heterocycles. The van der Waals surface area contributed by atoms with Crippen LogP contribution < -0.4 is 10.3 Å². The summed E-state index contributed by atoms with van der Waals surface area (Å²) in [7, 11) is 1.66. The van der Waals surface area contributed by atoms with Crippen LogP contribution in [-0.4, -0.2) is 43.1 Å². The Morgan fingerprint density at radius 3 is 2.69 bits per heavy atom. The van der Waals surface area contributed by atoms with Crippen molar-refractivity contribution in [1.29, 1.82) is 0 Å². The number of hydroxylamine groups is 1. The molecule has 174 valence electrons. The normalized spacial score (nSPS) is 30.2. The van der Waals surface area contributed by atoms with Gasteiger partial charge in [0, 0.05) is 7.11 Å². The Labute approximate surface area is 190 Å². The lowest BCUT2D eigenvalue weighted by Crippen LogP contribution is -2.63. The summed E-state index contributed by atoms with van der Waals surface area (Å²) in [6, 6.07) is 9.24. The summed E-state index contributed by atoms with van der Waals surface area (Å²) >= 11 is 0. The van der Waals surface area contributed by atoms with Gasteiger partial charge in [0.25, 0.3) is 0 Å². The van der Waals surface area contributed by atoms with Gasteiger partial charge in [0.1, 0.15) is 5.60 Å². The second-order valence-electron chi connectivity index (χ2n) is 8.44. The van der Waals surface area contributed by atoms with Gasteiger partial charge in [0.05, 0.1) is 36.3 Å². The number of carbonyl (C=O) groups excluding carboxylic acids is 1. The fourth-order valence-electron chi connectivity index (χ4n) is 4.42. The van der Waals surface area contributed by atoms with E-state index in [0.29, 0.717) is 12.4 Å². The zero-order valence-electron chi connectivity index (χ0n) is 19.4. The first-order valence-corrected chi connectivity index (χ1v) is 11.1. The third-order valence-electron chi connectivity index (χ3n) is 6.55. The fourth-order valence-corrected chi connectivity index (χ4v) is 4.42. The van der Waals surface area contributed by atoms with Crippen LogP contribution in [0.3, 0.4) is 0 Å². The molecule has 1 aromatic rings. The van der Waals surface area contributed by atoms with E-state index in [2.05, 4.69) is 17.6 Å². The van der Waals surface area contributed by atoms with Crippen LogP contribution in [-0.2, 0) is 19.1 Å². The summed E-state index contributed by atoms with van der Waals surface area (Å²) in [4.78, 5) is 23.2. The molecular formula is C25H34N2O5. The van der Waals surface area contributed by atoms with Crippen LogP contribution in [0.1, 0.15) is 46.5 Å². The van der Waals surface area contributed by atoms with Crippen LogP contribution in [0.4, 0.5) is 0 Å². The first-order valence-electron chi connectivity index (χ1n) is 11.1. The standard InChI is InChI=1S/C25H34N2O5/c1-5-6-7-8-12-15-22(28)32-27-21-16-17-25(18-30-25)24(3,23(21)29-4)19(2)26-31-20-13-10-9-11-14-20/h5-6,8-14,21,23,27H,7,15-18H2,1-4H3/b6-5+,12-8+,26-19+/t21?,23-,24+,25+/m1/s1. The van der Waals surface area contributed by atoms with Crippen molar-refractivity contribution in [2.24, 2.45) is 10.6 Å². The predicted octanol–water partition coefficient (Wildman–Crippen LogP) is 4.35. The zero-order valence-corrected chi connectivity index (χ0v) is 19.4. The van der Waals surface area contributed by atoms with Gasteiger partial charge in [-0.15, -0.1) is 5.48 Å². The summed E-state index contributed by atoms with van der Waals surface area (Å²) in [5, 5.41) is 4.42. The van der Waals surface area contributed by atoms with Crippen molar-refractivity contribution >= 4 is 11.7 Å². The molecule has 0 radical (unpaired) electrons. The van der Waals surface area contributed by atoms with E-state index in [4.69, 9.17) is 19.1 Å². The van der Waals surface area contributed by atoms with Crippen molar-refractivity contribution in [2.45, 2.75) is 64.2 Å². The maximum Gasteiger partial charge on any atom is 0.328 e. The molecule has 7 heteroatoms. The highest BCUT2D eigenvalue weighted by molar-refractivity contribution is 5.90. The zero-order chi connectivity index (χ0) is 23.0. The second kappa shape index (κ2) is 10.9. The molecule has 1 unspecified atom stereocenters. The number of hydrogen-bond acceptors (Lipinski definition) is 7. The van der Waals surface area contributed by atoms with Gasteiger partial charge in [-0.05, 0) is 52.2 Å². The number of nitrogens with one attached hydrogen (secondary N) is 1. The number of oxime groups is 1. The van der Waals surface area contributed by atoms with Crippen LogP contribution in [0.5, 0.6) is 5.75 Å². The van der Waals surface area contributed by atoms with E-state index in [1.54, 1.807) is 7.11 Å². The molecule has 1 N–H and O–H groups in total. The summed E-state index contributed by atoms with van der Waals surface area (Å²) in [6.45, 7) is 6.63. The third-order valence-corrected chi connectivity index (χ3v) is 6.55. The van der Waals surface area contributed by atoms with E-state index in [-0.39, 0.29) is 30.1 Å². The minimum atomic E-state index is -0.550. The van der Waals surface area contributed by atoms with Crippen molar-refractivity contribution in [2.75, 3.05) is 13.7 Å². The van der Waals surface area contributed by atoms with E-state index < -0.39 is 5.41 Å². The number of epoxide rings is 1. The lowest BCUT2D eigenvalue weighted by atomic mass is 9.61. The minimum absolute atomic E-state index is 0.197. The summed E-state index contributed by atoms with van der Waals surface area (Å²) in [5.74, 6) is 0.330.